The van der Waals surface area contributed by atoms with E-state index in [1.807, 2.05) is 30.3 Å². The van der Waals surface area contributed by atoms with Crippen molar-refractivity contribution in [3.8, 4) is 0 Å². The minimum absolute atomic E-state index is 0.0639. The normalized spacial score (nSPS) is 13.3. The van der Waals surface area contributed by atoms with E-state index in [4.69, 9.17) is 4.42 Å². The SMILES string of the molecule is C[C@@H](C(=O)NCCS(C)(=O)=O)c1cc2ccccc2o1. The van der Waals surface area contributed by atoms with E-state index in [-0.39, 0.29) is 18.2 Å². The van der Waals surface area contributed by atoms with Crippen molar-refractivity contribution >= 4 is 26.7 Å². The van der Waals surface area contributed by atoms with Gasteiger partial charge in [0.15, 0.2) is 0 Å². The summed E-state index contributed by atoms with van der Waals surface area (Å²) in [6.07, 6.45) is 1.14. The summed E-state index contributed by atoms with van der Waals surface area (Å²) in [6, 6.07) is 9.35. The fourth-order valence-corrected chi connectivity index (χ4v) is 2.33. The zero-order valence-corrected chi connectivity index (χ0v) is 12.2. The van der Waals surface area contributed by atoms with E-state index in [1.165, 1.54) is 0 Å². The molecule has 0 saturated carbocycles. The molecule has 0 aliphatic rings. The summed E-state index contributed by atoms with van der Waals surface area (Å²) >= 11 is 0. The number of carbonyl (C=O) groups is 1. The lowest BCUT2D eigenvalue weighted by Gasteiger charge is -2.09. The van der Waals surface area contributed by atoms with E-state index in [1.54, 1.807) is 6.92 Å². The van der Waals surface area contributed by atoms with Crippen LogP contribution >= 0.6 is 0 Å². The van der Waals surface area contributed by atoms with Gasteiger partial charge in [0.05, 0.1) is 11.7 Å². The maximum Gasteiger partial charge on any atom is 0.230 e. The second-order valence-corrected chi connectivity index (χ2v) is 7.09. The highest BCUT2D eigenvalue weighted by atomic mass is 32.2. The van der Waals surface area contributed by atoms with Crippen molar-refractivity contribution in [1.82, 2.24) is 5.32 Å². The van der Waals surface area contributed by atoms with Gasteiger partial charge in [0.25, 0.3) is 0 Å². The largest absolute Gasteiger partial charge is 0.460 e. The van der Waals surface area contributed by atoms with Crippen molar-refractivity contribution in [3.63, 3.8) is 0 Å². The van der Waals surface area contributed by atoms with Gasteiger partial charge in [-0.3, -0.25) is 4.79 Å². The molecule has 6 heteroatoms. The van der Waals surface area contributed by atoms with Crippen LogP contribution in [0.5, 0.6) is 0 Å². The van der Waals surface area contributed by atoms with E-state index in [0.29, 0.717) is 5.76 Å². The zero-order chi connectivity index (χ0) is 14.8. The van der Waals surface area contributed by atoms with Crippen LogP contribution in [0.2, 0.25) is 0 Å². The lowest BCUT2D eigenvalue weighted by Crippen LogP contribution is -2.31. The van der Waals surface area contributed by atoms with E-state index < -0.39 is 15.8 Å². The van der Waals surface area contributed by atoms with Crippen LogP contribution in [-0.2, 0) is 14.6 Å². The molecule has 2 rings (SSSR count). The predicted molar refractivity (Wildman–Crippen MR) is 77.3 cm³/mol. The van der Waals surface area contributed by atoms with Gasteiger partial charge in [0.2, 0.25) is 5.91 Å². The Kier molecular flexibility index (Phi) is 4.13. The molecule has 1 N–H and O–H groups in total. The maximum atomic E-state index is 11.9. The summed E-state index contributed by atoms with van der Waals surface area (Å²) < 4.78 is 27.6. The molecule has 0 aliphatic carbocycles. The third-order valence-electron chi connectivity index (χ3n) is 3.04. The minimum atomic E-state index is -3.07. The number of carbonyl (C=O) groups excluding carboxylic acids is 1. The number of hydrogen-bond donors (Lipinski definition) is 1. The molecule has 0 saturated heterocycles. The average Bonchev–Trinajstić information content (AvgIpc) is 2.79. The van der Waals surface area contributed by atoms with Crippen molar-refractivity contribution < 1.29 is 17.6 Å². The average molecular weight is 295 g/mol. The summed E-state index contributed by atoms with van der Waals surface area (Å²) in [7, 11) is -3.07. The highest BCUT2D eigenvalue weighted by molar-refractivity contribution is 7.90. The number of hydrogen-bond acceptors (Lipinski definition) is 4. The Balaban J connectivity index is 2.03. The van der Waals surface area contributed by atoms with Crippen molar-refractivity contribution in [2.24, 2.45) is 0 Å². The Morgan fingerprint density at radius 1 is 1.35 bits per heavy atom. The number of furan rings is 1. The molecule has 1 amide bonds. The summed E-state index contributed by atoms with van der Waals surface area (Å²) in [4.78, 5) is 11.9. The Labute approximate surface area is 117 Å². The van der Waals surface area contributed by atoms with Crippen LogP contribution in [0.4, 0.5) is 0 Å². The molecule has 0 aliphatic heterocycles. The van der Waals surface area contributed by atoms with Crippen LogP contribution in [0.15, 0.2) is 34.7 Å². The summed E-state index contributed by atoms with van der Waals surface area (Å²) in [5.41, 5.74) is 0.735. The molecule has 0 fully saturated rings. The molecule has 1 aromatic heterocycles. The van der Waals surface area contributed by atoms with Gasteiger partial charge in [-0.1, -0.05) is 18.2 Å². The highest BCUT2D eigenvalue weighted by Crippen LogP contribution is 2.24. The monoisotopic (exact) mass is 295 g/mol. The summed E-state index contributed by atoms with van der Waals surface area (Å²) in [5.74, 6) is -0.191. The van der Waals surface area contributed by atoms with Crippen LogP contribution in [-0.4, -0.2) is 32.9 Å². The minimum Gasteiger partial charge on any atom is -0.460 e. The van der Waals surface area contributed by atoms with E-state index in [9.17, 15) is 13.2 Å². The number of para-hydroxylation sites is 1. The molecule has 0 bridgehead atoms. The molecule has 0 radical (unpaired) electrons. The predicted octanol–water partition coefficient (Wildman–Crippen LogP) is 1.70. The van der Waals surface area contributed by atoms with Crippen LogP contribution < -0.4 is 5.32 Å². The van der Waals surface area contributed by atoms with E-state index in [2.05, 4.69) is 5.32 Å². The lowest BCUT2D eigenvalue weighted by molar-refractivity contribution is -0.122. The number of sulfone groups is 1. The standard InChI is InChI=1S/C14H17NO4S/c1-10(14(16)15-7-8-20(2,17)18)13-9-11-5-3-4-6-12(11)19-13/h3-6,9-10H,7-8H2,1-2H3,(H,15,16)/t10-/m1/s1. The first-order valence-corrected chi connectivity index (χ1v) is 8.37. The quantitative estimate of drug-likeness (QED) is 0.911. The second-order valence-electron chi connectivity index (χ2n) is 4.83. The molecule has 1 aromatic carbocycles. The fraction of sp³-hybridized carbons (Fsp3) is 0.357. The topological polar surface area (TPSA) is 76.4 Å². The molecule has 0 unspecified atom stereocenters. The Morgan fingerprint density at radius 2 is 2.05 bits per heavy atom. The molecule has 0 spiro atoms. The van der Waals surface area contributed by atoms with Crippen molar-refractivity contribution in [1.29, 1.82) is 0 Å². The van der Waals surface area contributed by atoms with E-state index >= 15 is 0 Å². The fourth-order valence-electron chi connectivity index (χ4n) is 1.86. The number of rotatable bonds is 5. The number of fused-ring (bicyclic) bond motifs is 1. The van der Waals surface area contributed by atoms with Crippen LogP contribution in [0.3, 0.4) is 0 Å². The summed E-state index contributed by atoms with van der Waals surface area (Å²) in [5, 5.41) is 3.55. The van der Waals surface area contributed by atoms with Gasteiger partial charge in [-0.05, 0) is 19.1 Å². The number of benzene rings is 1. The molecule has 1 heterocycles. The first kappa shape index (κ1) is 14.6. The molecular formula is C14H17NO4S. The van der Waals surface area contributed by atoms with Crippen molar-refractivity contribution in [2.75, 3.05) is 18.6 Å². The van der Waals surface area contributed by atoms with Gasteiger partial charge in [-0.25, -0.2) is 8.42 Å². The summed E-state index contributed by atoms with van der Waals surface area (Å²) in [6.45, 7) is 1.84. The highest BCUT2D eigenvalue weighted by Gasteiger charge is 2.19. The molecular weight excluding hydrogens is 278 g/mol. The van der Waals surface area contributed by atoms with E-state index in [0.717, 1.165) is 17.2 Å². The molecule has 5 nitrogen and oxygen atoms in total. The van der Waals surface area contributed by atoms with Gasteiger partial charge in [-0.2, -0.15) is 0 Å². The van der Waals surface area contributed by atoms with Crippen molar-refractivity contribution in [3.05, 3.63) is 36.1 Å². The van der Waals surface area contributed by atoms with Gasteiger partial charge >= 0.3 is 0 Å². The third-order valence-corrected chi connectivity index (χ3v) is 3.98. The molecule has 2 aromatic rings. The second kappa shape index (κ2) is 5.66. The smallest absolute Gasteiger partial charge is 0.230 e. The molecule has 20 heavy (non-hydrogen) atoms. The molecule has 1 atom stereocenters. The Hall–Kier alpha value is -1.82. The van der Waals surface area contributed by atoms with Crippen LogP contribution in [0.1, 0.15) is 18.6 Å². The van der Waals surface area contributed by atoms with Gasteiger partial charge in [0, 0.05) is 18.2 Å². The lowest BCUT2D eigenvalue weighted by atomic mass is 10.1. The maximum absolute atomic E-state index is 11.9. The van der Waals surface area contributed by atoms with Crippen LogP contribution in [0, 0.1) is 0 Å². The third kappa shape index (κ3) is 3.60. The first-order valence-electron chi connectivity index (χ1n) is 6.31. The molecule has 108 valence electrons. The van der Waals surface area contributed by atoms with Crippen LogP contribution in [0.25, 0.3) is 11.0 Å². The Bertz CT molecular complexity index is 685. The number of nitrogens with one attached hydrogen (secondary N) is 1. The Morgan fingerprint density at radius 3 is 2.70 bits per heavy atom. The van der Waals surface area contributed by atoms with Gasteiger partial charge in [0.1, 0.15) is 21.2 Å². The van der Waals surface area contributed by atoms with Gasteiger partial charge < -0.3 is 9.73 Å². The number of amides is 1. The zero-order valence-electron chi connectivity index (χ0n) is 11.4. The van der Waals surface area contributed by atoms with Crippen molar-refractivity contribution in [2.45, 2.75) is 12.8 Å². The van der Waals surface area contributed by atoms with Gasteiger partial charge in [-0.15, -0.1) is 0 Å². The first-order chi connectivity index (χ1) is 9.37.